The molecule has 0 radical (unpaired) electrons. The summed E-state index contributed by atoms with van der Waals surface area (Å²) in [5.74, 6) is 0.281. The maximum absolute atomic E-state index is 12.1. The van der Waals surface area contributed by atoms with Crippen molar-refractivity contribution in [1.82, 2.24) is 5.32 Å². The minimum atomic E-state index is -2.34. The molecular weight excluding hydrogens is 292 g/mol. The molecular formula is C16H25F2NOS. The largest absolute Gasteiger partial charge is 0.464 e. The normalized spacial score (nSPS) is 22.9. The summed E-state index contributed by atoms with van der Waals surface area (Å²) in [7, 11) is 0. The molecule has 0 aliphatic heterocycles. The summed E-state index contributed by atoms with van der Waals surface area (Å²) < 4.78 is 29.8. The first-order chi connectivity index (χ1) is 10.2. The van der Waals surface area contributed by atoms with Crippen LogP contribution in [-0.4, -0.2) is 11.8 Å². The predicted molar refractivity (Wildman–Crippen MR) is 83.5 cm³/mol. The van der Waals surface area contributed by atoms with Gasteiger partial charge in [0.15, 0.2) is 0 Å². The number of thioether (sulfide) groups is 1. The summed E-state index contributed by atoms with van der Waals surface area (Å²) >= 11 is 0.601. The van der Waals surface area contributed by atoms with Crippen LogP contribution in [0.2, 0.25) is 0 Å². The maximum atomic E-state index is 12.1. The lowest BCUT2D eigenvalue weighted by Crippen LogP contribution is -2.32. The molecule has 120 valence electrons. The van der Waals surface area contributed by atoms with Crippen molar-refractivity contribution in [2.24, 2.45) is 5.92 Å². The lowest BCUT2D eigenvalue weighted by atomic mass is 9.83. The minimum absolute atomic E-state index is 0.236. The van der Waals surface area contributed by atoms with E-state index in [-0.39, 0.29) is 5.75 Å². The average Bonchev–Trinajstić information content (AvgIpc) is 2.93. The third kappa shape index (κ3) is 5.99. The quantitative estimate of drug-likeness (QED) is 0.715. The Morgan fingerprint density at radius 1 is 1.24 bits per heavy atom. The Labute approximate surface area is 130 Å². The fourth-order valence-electron chi connectivity index (χ4n) is 3.05. The van der Waals surface area contributed by atoms with Gasteiger partial charge in [-0.05, 0) is 43.7 Å². The van der Waals surface area contributed by atoms with Gasteiger partial charge in [0, 0.05) is 6.04 Å². The number of halogens is 2. The highest BCUT2D eigenvalue weighted by Crippen LogP contribution is 2.28. The molecule has 1 aromatic heterocycles. The fraction of sp³-hybridized carbons (Fsp3) is 0.750. The van der Waals surface area contributed by atoms with Crippen molar-refractivity contribution in [2.45, 2.75) is 69.5 Å². The smallest absolute Gasteiger partial charge is 0.284 e. The van der Waals surface area contributed by atoms with Crippen LogP contribution in [0.5, 0.6) is 0 Å². The van der Waals surface area contributed by atoms with Crippen LogP contribution in [0.15, 0.2) is 16.5 Å². The van der Waals surface area contributed by atoms with E-state index in [9.17, 15) is 8.78 Å². The van der Waals surface area contributed by atoms with Crippen LogP contribution in [-0.2, 0) is 12.3 Å². The third-order valence-electron chi connectivity index (χ3n) is 4.18. The molecule has 0 atom stereocenters. The van der Waals surface area contributed by atoms with Crippen molar-refractivity contribution in [3.63, 3.8) is 0 Å². The van der Waals surface area contributed by atoms with E-state index in [1.807, 2.05) is 6.07 Å². The van der Waals surface area contributed by atoms with Crippen LogP contribution in [0.25, 0.3) is 0 Å². The van der Waals surface area contributed by atoms with Crippen LogP contribution in [0, 0.1) is 5.92 Å². The predicted octanol–water partition coefficient (Wildman–Crippen LogP) is 5.18. The van der Waals surface area contributed by atoms with Crippen LogP contribution in [0.4, 0.5) is 8.78 Å². The molecule has 1 fully saturated rings. The Morgan fingerprint density at radius 2 is 1.95 bits per heavy atom. The molecule has 1 aliphatic rings. The van der Waals surface area contributed by atoms with Gasteiger partial charge < -0.3 is 9.73 Å². The highest BCUT2D eigenvalue weighted by atomic mass is 32.2. The second-order valence-electron chi connectivity index (χ2n) is 5.83. The van der Waals surface area contributed by atoms with E-state index in [0.29, 0.717) is 30.1 Å². The van der Waals surface area contributed by atoms with Crippen molar-refractivity contribution in [3.05, 3.63) is 23.7 Å². The topological polar surface area (TPSA) is 25.2 Å². The zero-order chi connectivity index (χ0) is 15.1. The Kier molecular flexibility index (Phi) is 7.04. The molecule has 1 aliphatic carbocycles. The van der Waals surface area contributed by atoms with Gasteiger partial charge in [-0.2, -0.15) is 8.78 Å². The second kappa shape index (κ2) is 8.79. The Morgan fingerprint density at radius 3 is 2.62 bits per heavy atom. The van der Waals surface area contributed by atoms with Gasteiger partial charge in [0.1, 0.15) is 11.5 Å². The first kappa shape index (κ1) is 16.8. The molecule has 0 amide bonds. The van der Waals surface area contributed by atoms with Crippen molar-refractivity contribution in [2.75, 3.05) is 0 Å². The van der Waals surface area contributed by atoms with Crippen LogP contribution < -0.4 is 5.32 Å². The first-order valence-corrected chi connectivity index (χ1v) is 8.93. The van der Waals surface area contributed by atoms with Gasteiger partial charge >= 0.3 is 0 Å². The van der Waals surface area contributed by atoms with E-state index in [4.69, 9.17) is 4.42 Å². The number of hydrogen-bond acceptors (Lipinski definition) is 3. The molecule has 1 aromatic rings. The maximum Gasteiger partial charge on any atom is 0.284 e. The number of rotatable bonds is 8. The Hall–Kier alpha value is -0.550. The Balaban J connectivity index is 1.67. The third-order valence-corrected chi connectivity index (χ3v) is 4.88. The molecule has 1 N–H and O–H groups in total. The monoisotopic (exact) mass is 317 g/mol. The van der Waals surface area contributed by atoms with Crippen molar-refractivity contribution in [3.8, 4) is 0 Å². The van der Waals surface area contributed by atoms with Gasteiger partial charge in [-0.15, -0.1) is 0 Å². The number of furan rings is 1. The second-order valence-corrected chi connectivity index (χ2v) is 6.81. The highest BCUT2D eigenvalue weighted by Gasteiger charge is 2.20. The minimum Gasteiger partial charge on any atom is -0.464 e. The molecule has 0 saturated heterocycles. The van der Waals surface area contributed by atoms with Crippen molar-refractivity contribution in [1.29, 1.82) is 0 Å². The van der Waals surface area contributed by atoms with E-state index in [1.54, 1.807) is 6.07 Å². The van der Waals surface area contributed by atoms with Gasteiger partial charge in [-0.1, -0.05) is 31.5 Å². The van der Waals surface area contributed by atoms with Crippen molar-refractivity contribution < 1.29 is 13.2 Å². The summed E-state index contributed by atoms with van der Waals surface area (Å²) in [5, 5.41) is 3.53. The number of nitrogens with one attached hydrogen (secondary N) is 1. The van der Waals surface area contributed by atoms with E-state index < -0.39 is 5.76 Å². The lowest BCUT2D eigenvalue weighted by Gasteiger charge is -2.28. The van der Waals surface area contributed by atoms with E-state index >= 15 is 0 Å². The summed E-state index contributed by atoms with van der Waals surface area (Å²) in [6.07, 6.45) is 7.75. The number of hydrogen-bond donors (Lipinski definition) is 1. The summed E-state index contributed by atoms with van der Waals surface area (Å²) in [6.45, 7) is 2.95. The molecule has 0 unspecified atom stereocenters. The van der Waals surface area contributed by atoms with Crippen LogP contribution >= 0.6 is 11.8 Å². The molecule has 0 spiro atoms. The molecule has 0 aromatic carbocycles. The van der Waals surface area contributed by atoms with Gasteiger partial charge in [-0.25, -0.2) is 0 Å². The van der Waals surface area contributed by atoms with E-state index in [2.05, 4.69) is 12.2 Å². The SMILES string of the molecule is CCCC1CCC(NCc2ccc(CSC(F)F)o2)CC1. The molecule has 21 heavy (non-hydrogen) atoms. The molecule has 2 rings (SSSR count). The summed E-state index contributed by atoms with van der Waals surface area (Å²) in [6, 6.07) is 4.25. The molecule has 1 saturated carbocycles. The molecule has 1 heterocycles. The van der Waals surface area contributed by atoms with Gasteiger partial charge in [-0.3, -0.25) is 0 Å². The van der Waals surface area contributed by atoms with Crippen LogP contribution in [0.3, 0.4) is 0 Å². The Bertz CT molecular complexity index is 403. The zero-order valence-corrected chi connectivity index (χ0v) is 13.4. The lowest BCUT2D eigenvalue weighted by molar-refractivity contribution is 0.251. The zero-order valence-electron chi connectivity index (χ0n) is 12.6. The average molecular weight is 317 g/mol. The van der Waals surface area contributed by atoms with Crippen molar-refractivity contribution >= 4 is 11.8 Å². The first-order valence-electron chi connectivity index (χ1n) is 7.88. The summed E-state index contributed by atoms with van der Waals surface area (Å²) in [4.78, 5) is 0. The van der Waals surface area contributed by atoms with Gasteiger partial charge in [0.05, 0.1) is 12.3 Å². The summed E-state index contributed by atoms with van der Waals surface area (Å²) in [5.41, 5.74) is 0. The highest BCUT2D eigenvalue weighted by molar-refractivity contribution is 7.98. The molecule has 2 nitrogen and oxygen atoms in total. The van der Waals surface area contributed by atoms with Gasteiger partial charge in [0.25, 0.3) is 5.76 Å². The molecule has 5 heteroatoms. The number of alkyl halides is 2. The van der Waals surface area contributed by atoms with E-state index in [1.165, 1.54) is 38.5 Å². The van der Waals surface area contributed by atoms with E-state index in [0.717, 1.165) is 11.7 Å². The molecule has 0 bridgehead atoms. The fourth-order valence-corrected chi connectivity index (χ4v) is 3.49. The van der Waals surface area contributed by atoms with Crippen LogP contribution in [0.1, 0.15) is 57.0 Å². The standard InChI is InChI=1S/C16H25F2NOS/c1-2-3-12-4-6-13(7-5-12)19-10-14-8-9-15(20-14)11-21-16(17)18/h8-9,12-13,16,19H,2-7,10-11H2,1H3. The van der Waals surface area contributed by atoms with Gasteiger partial charge in [0.2, 0.25) is 0 Å².